The Morgan fingerprint density at radius 3 is 2.40 bits per heavy atom. The van der Waals surface area contributed by atoms with Gasteiger partial charge in [-0.2, -0.15) is 0 Å². The van der Waals surface area contributed by atoms with Gasteiger partial charge in [0.1, 0.15) is 12.4 Å². The van der Waals surface area contributed by atoms with E-state index in [0.29, 0.717) is 18.7 Å². The molecule has 25 heavy (non-hydrogen) atoms. The fourth-order valence-corrected chi connectivity index (χ4v) is 2.27. The van der Waals surface area contributed by atoms with Gasteiger partial charge in [-0.25, -0.2) is 0 Å². The summed E-state index contributed by atoms with van der Waals surface area (Å²) in [5.41, 5.74) is 2.64. The van der Waals surface area contributed by atoms with E-state index < -0.39 is 0 Å². The molecule has 0 atom stereocenters. The normalized spacial score (nSPS) is 10.2. The Balaban J connectivity index is 1.73. The number of nitrogens with zero attached hydrogens (tertiary/aromatic N) is 1. The molecule has 2 aromatic carbocycles. The van der Waals surface area contributed by atoms with E-state index in [2.05, 4.69) is 5.32 Å². The molecule has 2 rings (SSSR count). The van der Waals surface area contributed by atoms with Gasteiger partial charge >= 0.3 is 0 Å². The molecule has 0 aliphatic heterocycles. The zero-order chi connectivity index (χ0) is 18.2. The minimum Gasteiger partial charge on any atom is -0.492 e. The van der Waals surface area contributed by atoms with Crippen LogP contribution in [0.4, 0.5) is 0 Å². The summed E-state index contributed by atoms with van der Waals surface area (Å²) in [4.78, 5) is 25.8. The molecule has 0 aliphatic carbocycles. The average molecular weight is 340 g/mol. The third-order valence-electron chi connectivity index (χ3n) is 3.93. The Morgan fingerprint density at radius 1 is 1.04 bits per heavy atom. The number of carbonyl (C=O) groups is 2. The van der Waals surface area contributed by atoms with Crippen LogP contribution in [0.1, 0.15) is 21.5 Å². The van der Waals surface area contributed by atoms with Crippen LogP contribution in [0.2, 0.25) is 0 Å². The highest BCUT2D eigenvalue weighted by molar-refractivity contribution is 5.97. The first kappa shape index (κ1) is 18.5. The SMILES string of the molecule is Cc1ccc(OCCN(C)C(=O)CNC(=O)c2ccccc2C)cc1. The second-order valence-electron chi connectivity index (χ2n) is 5.97. The van der Waals surface area contributed by atoms with Crippen molar-refractivity contribution < 1.29 is 14.3 Å². The van der Waals surface area contributed by atoms with Crippen LogP contribution in [-0.2, 0) is 4.79 Å². The minimum atomic E-state index is -0.240. The van der Waals surface area contributed by atoms with Gasteiger partial charge in [0, 0.05) is 12.6 Å². The molecule has 0 aromatic heterocycles. The van der Waals surface area contributed by atoms with Gasteiger partial charge in [-0.15, -0.1) is 0 Å². The summed E-state index contributed by atoms with van der Waals surface area (Å²) in [7, 11) is 1.70. The van der Waals surface area contributed by atoms with E-state index in [-0.39, 0.29) is 18.4 Å². The van der Waals surface area contributed by atoms with Crippen molar-refractivity contribution in [2.75, 3.05) is 26.7 Å². The molecule has 132 valence electrons. The number of rotatable bonds is 7. The summed E-state index contributed by atoms with van der Waals surface area (Å²) in [6.45, 7) is 4.70. The van der Waals surface area contributed by atoms with Gasteiger partial charge in [0.05, 0.1) is 13.1 Å². The Morgan fingerprint density at radius 2 is 1.72 bits per heavy atom. The number of benzene rings is 2. The standard InChI is InChI=1S/C20H24N2O3/c1-15-8-10-17(11-9-15)25-13-12-22(3)19(23)14-21-20(24)18-7-5-4-6-16(18)2/h4-11H,12-14H2,1-3H3,(H,21,24). The number of likely N-dealkylation sites (N-methyl/N-ethyl adjacent to an activating group) is 1. The van der Waals surface area contributed by atoms with Gasteiger partial charge in [-0.1, -0.05) is 35.9 Å². The van der Waals surface area contributed by atoms with Crippen molar-refractivity contribution in [1.29, 1.82) is 0 Å². The first-order valence-corrected chi connectivity index (χ1v) is 8.24. The van der Waals surface area contributed by atoms with E-state index in [9.17, 15) is 9.59 Å². The zero-order valence-corrected chi connectivity index (χ0v) is 14.9. The molecule has 1 N–H and O–H groups in total. The van der Waals surface area contributed by atoms with E-state index in [1.807, 2.05) is 50.2 Å². The van der Waals surface area contributed by atoms with Crippen LogP contribution >= 0.6 is 0 Å². The predicted molar refractivity (Wildman–Crippen MR) is 97.8 cm³/mol. The molecule has 0 aliphatic rings. The molecule has 0 spiro atoms. The maximum Gasteiger partial charge on any atom is 0.251 e. The lowest BCUT2D eigenvalue weighted by molar-refractivity contribution is -0.129. The van der Waals surface area contributed by atoms with Crippen molar-refractivity contribution in [3.8, 4) is 5.75 Å². The number of hydrogen-bond donors (Lipinski definition) is 1. The van der Waals surface area contributed by atoms with Crippen LogP contribution in [-0.4, -0.2) is 43.5 Å². The lowest BCUT2D eigenvalue weighted by atomic mass is 10.1. The topological polar surface area (TPSA) is 58.6 Å². The van der Waals surface area contributed by atoms with Crippen molar-refractivity contribution in [3.63, 3.8) is 0 Å². The van der Waals surface area contributed by atoms with Gasteiger partial charge in [0.25, 0.3) is 5.91 Å². The Bertz CT molecular complexity index is 726. The number of aryl methyl sites for hydroxylation is 2. The Hall–Kier alpha value is -2.82. The molecule has 5 heteroatoms. The molecule has 0 unspecified atom stereocenters. The molecule has 0 saturated carbocycles. The maximum absolute atomic E-state index is 12.1. The van der Waals surface area contributed by atoms with Crippen molar-refractivity contribution in [1.82, 2.24) is 10.2 Å². The van der Waals surface area contributed by atoms with Gasteiger partial charge in [-0.3, -0.25) is 9.59 Å². The molecule has 0 fully saturated rings. The van der Waals surface area contributed by atoms with Gasteiger partial charge in [0.15, 0.2) is 0 Å². The number of ether oxygens (including phenoxy) is 1. The van der Waals surface area contributed by atoms with Crippen molar-refractivity contribution >= 4 is 11.8 Å². The van der Waals surface area contributed by atoms with Crippen molar-refractivity contribution in [2.24, 2.45) is 0 Å². The first-order valence-electron chi connectivity index (χ1n) is 8.24. The zero-order valence-electron chi connectivity index (χ0n) is 14.9. The smallest absolute Gasteiger partial charge is 0.251 e. The minimum absolute atomic E-state index is 0.0335. The van der Waals surface area contributed by atoms with Gasteiger partial charge in [-0.05, 0) is 37.6 Å². The molecule has 0 saturated heterocycles. The number of hydrogen-bond acceptors (Lipinski definition) is 3. The highest BCUT2D eigenvalue weighted by Gasteiger charge is 2.12. The fourth-order valence-electron chi connectivity index (χ4n) is 2.27. The third kappa shape index (κ3) is 5.64. The quantitative estimate of drug-likeness (QED) is 0.843. The average Bonchev–Trinajstić information content (AvgIpc) is 2.61. The van der Waals surface area contributed by atoms with Crippen LogP contribution in [0.25, 0.3) is 0 Å². The van der Waals surface area contributed by atoms with Crippen LogP contribution in [0.15, 0.2) is 48.5 Å². The summed E-state index contributed by atoms with van der Waals surface area (Å²) in [6.07, 6.45) is 0. The maximum atomic E-state index is 12.1. The molecule has 2 amide bonds. The van der Waals surface area contributed by atoms with Crippen LogP contribution in [0.5, 0.6) is 5.75 Å². The molecule has 2 aromatic rings. The van der Waals surface area contributed by atoms with Crippen molar-refractivity contribution in [2.45, 2.75) is 13.8 Å². The summed E-state index contributed by atoms with van der Waals surface area (Å²) < 4.78 is 5.61. The monoisotopic (exact) mass is 340 g/mol. The molecular weight excluding hydrogens is 316 g/mol. The van der Waals surface area contributed by atoms with Crippen LogP contribution < -0.4 is 10.1 Å². The van der Waals surface area contributed by atoms with Crippen LogP contribution in [0.3, 0.4) is 0 Å². The fraction of sp³-hybridized carbons (Fsp3) is 0.300. The van der Waals surface area contributed by atoms with E-state index in [4.69, 9.17) is 4.74 Å². The largest absolute Gasteiger partial charge is 0.492 e. The number of amides is 2. The van der Waals surface area contributed by atoms with E-state index in [1.165, 1.54) is 5.56 Å². The summed E-state index contributed by atoms with van der Waals surface area (Å²) in [5.74, 6) is 0.379. The summed E-state index contributed by atoms with van der Waals surface area (Å²) in [5, 5.41) is 2.66. The Kier molecular flexibility index (Phi) is 6.57. The van der Waals surface area contributed by atoms with E-state index >= 15 is 0 Å². The summed E-state index contributed by atoms with van der Waals surface area (Å²) in [6, 6.07) is 15.0. The highest BCUT2D eigenvalue weighted by atomic mass is 16.5. The molecular formula is C20H24N2O3. The molecule has 0 bridgehead atoms. The molecule has 0 radical (unpaired) electrons. The van der Waals surface area contributed by atoms with Crippen LogP contribution in [0, 0.1) is 13.8 Å². The number of carbonyl (C=O) groups excluding carboxylic acids is 2. The lowest BCUT2D eigenvalue weighted by Crippen LogP contribution is -2.39. The second-order valence-corrected chi connectivity index (χ2v) is 5.97. The number of nitrogens with one attached hydrogen (secondary N) is 1. The van der Waals surface area contributed by atoms with Crippen molar-refractivity contribution in [3.05, 3.63) is 65.2 Å². The highest BCUT2D eigenvalue weighted by Crippen LogP contribution is 2.11. The summed E-state index contributed by atoms with van der Waals surface area (Å²) >= 11 is 0. The first-order chi connectivity index (χ1) is 12.0. The van der Waals surface area contributed by atoms with E-state index in [1.54, 1.807) is 24.1 Å². The molecule has 5 nitrogen and oxygen atoms in total. The van der Waals surface area contributed by atoms with Gasteiger partial charge < -0.3 is 15.0 Å². The third-order valence-corrected chi connectivity index (χ3v) is 3.93. The molecule has 0 heterocycles. The lowest BCUT2D eigenvalue weighted by Gasteiger charge is -2.18. The second kappa shape index (κ2) is 8.87. The Labute approximate surface area is 148 Å². The predicted octanol–water partition coefficient (Wildman–Crippen LogP) is 2.57. The van der Waals surface area contributed by atoms with E-state index in [0.717, 1.165) is 11.3 Å². The van der Waals surface area contributed by atoms with Gasteiger partial charge in [0.2, 0.25) is 5.91 Å².